The summed E-state index contributed by atoms with van der Waals surface area (Å²) >= 11 is 2.80. The van der Waals surface area contributed by atoms with Gasteiger partial charge in [-0.1, -0.05) is 0 Å². The molecule has 0 aliphatic carbocycles. The minimum atomic E-state index is -5.11. The van der Waals surface area contributed by atoms with Gasteiger partial charge in [0.1, 0.15) is 0 Å². The number of rotatable bonds is 2. The molecule has 0 spiro atoms. The highest BCUT2D eigenvalue weighted by molar-refractivity contribution is 9.10. The van der Waals surface area contributed by atoms with E-state index in [4.69, 9.17) is 16.4 Å². The highest BCUT2D eigenvalue weighted by atomic mass is 79.9. The summed E-state index contributed by atoms with van der Waals surface area (Å²) < 4.78 is 61.5. The Kier molecular flexibility index (Phi) is 3.79. The normalized spacial score (nSPS) is 12.5. The molecule has 2 N–H and O–H groups in total. The maximum Gasteiger partial charge on any atom is 0.574 e. The van der Waals surface area contributed by atoms with Crippen LogP contribution >= 0.6 is 26.6 Å². The Hall–Kier alpha value is -0.740. The second kappa shape index (κ2) is 4.50. The molecule has 0 saturated carbocycles. The third-order valence-corrected chi connectivity index (χ3v) is 3.42. The molecule has 5 nitrogen and oxygen atoms in total. The zero-order valence-electron chi connectivity index (χ0n) is 7.62. The van der Waals surface area contributed by atoms with Gasteiger partial charge in [0.05, 0.1) is 10.2 Å². The lowest BCUT2D eigenvalue weighted by Gasteiger charge is -2.12. The Bertz CT molecular complexity index is 548. The van der Waals surface area contributed by atoms with E-state index in [0.29, 0.717) is 0 Å². The van der Waals surface area contributed by atoms with Crippen LogP contribution in [-0.2, 0) is 9.05 Å². The first-order chi connectivity index (χ1) is 7.52. The van der Waals surface area contributed by atoms with Crippen LogP contribution in [0.2, 0.25) is 0 Å². The van der Waals surface area contributed by atoms with Crippen molar-refractivity contribution in [1.82, 2.24) is 4.98 Å². The van der Waals surface area contributed by atoms with Gasteiger partial charge in [-0.05, 0) is 15.9 Å². The summed E-state index contributed by atoms with van der Waals surface area (Å²) in [7, 11) is 0.425. The standard InChI is InChI=1S/C6H3BrClF3N2O3S/c7-2-1-13-5(16-6(9,10)11)4(3(2)12)17(8,14)15/h1H,(H2,12,13). The SMILES string of the molecule is Nc1c(Br)cnc(OC(F)(F)F)c1S(=O)(=O)Cl. The van der Waals surface area contributed by atoms with E-state index in [9.17, 15) is 21.6 Å². The molecule has 0 aliphatic rings. The number of ether oxygens (including phenoxy) is 1. The molecule has 1 aromatic heterocycles. The monoisotopic (exact) mass is 354 g/mol. The van der Waals surface area contributed by atoms with Gasteiger partial charge in [-0.25, -0.2) is 13.4 Å². The summed E-state index contributed by atoms with van der Waals surface area (Å²) in [4.78, 5) is 2.12. The lowest BCUT2D eigenvalue weighted by atomic mass is 10.4. The first-order valence-electron chi connectivity index (χ1n) is 3.67. The van der Waals surface area contributed by atoms with Crippen molar-refractivity contribution < 1.29 is 26.3 Å². The maximum atomic E-state index is 12.0. The fourth-order valence-electron chi connectivity index (χ4n) is 0.885. The van der Waals surface area contributed by atoms with E-state index in [1.54, 1.807) is 0 Å². The summed E-state index contributed by atoms with van der Waals surface area (Å²) in [5, 5.41) is 0. The highest BCUT2D eigenvalue weighted by Crippen LogP contribution is 2.37. The van der Waals surface area contributed by atoms with E-state index in [-0.39, 0.29) is 4.47 Å². The highest BCUT2D eigenvalue weighted by Gasteiger charge is 2.36. The van der Waals surface area contributed by atoms with Gasteiger partial charge < -0.3 is 10.5 Å². The molecule has 17 heavy (non-hydrogen) atoms. The minimum absolute atomic E-state index is 0.0220. The van der Waals surface area contributed by atoms with Crippen LogP contribution in [0.1, 0.15) is 0 Å². The van der Waals surface area contributed by atoms with Crippen LogP contribution < -0.4 is 10.5 Å². The first kappa shape index (κ1) is 14.3. The predicted octanol–water partition coefficient (Wildman–Crippen LogP) is 2.25. The largest absolute Gasteiger partial charge is 0.574 e. The molecule has 1 heterocycles. The molecule has 1 aromatic rings. The summed E-state index contributed by atoms with van der Waals surface area (Å²) in [6.07, 6.45) is -4.24. The molecule has 0 unspecified atom stereocenters. The number of aromatic nitrogens is 1. The molecule has 11 heteroatoms. The zero-order valence-corrected chi connectivity index (χ0v) is 10.8. The summed E-state index contributed by atoms with van der Waals surface area (Å²) in [5.41, 5.74) is 4.77. The second-order valence-electron chi connectivity index (χ2n) is 2.64. The Labute approximate surface area is 106 Å². The van der Waals surface area contributed by atoms with Crippen molar-refractivity contribution in [3.8, 4) is 5.88 Å². The number of hydrogen-bond donors (Lipinski definition) is 1. The average molecular weight is 356 g/mol. The van der Waals surface area contributed by atoms with Gasteiger partial charge in [0.15, 0.2) is 4.90 Å². The predicted molar refractivity (Wildman–Crippen MR) is 56.1 cm³/mol. The Balaban J connectivity index is 3.47. The van der Waals surface area contributed by atoms with Gasteiger partial charge >= 0.3 is 6.36 Å². The summed E-state index contributed by atoms with van der Waals surface area (Å²) in [6, 6.07) is 0. The van der Waals surface area contributed by atoms with Crippen LogP contribution in [0.25, 0.3) is 0 Å². The molecule has 0 amide bonds. The number of alkyl halides is 3. The van der Waals surface area contributed by atoms with E-state index in [0.717, 1.165) is 6.20 Å². The summed E-state index contributed by atoms with van der Waals surface area (Å²) in [6.45, 7) is 0. The van der Waals surface area contributed by atoms with Crippen LogP contribution in [0.3, 0.4) is 0 Å². The molecule has 0 aromatic carbocycles. The number of halogens is 5. The number of pyridine rings is 1. The third-order valence-electron chi connectivity index (χ3n) is 1.45. The van der Waals surface area contributed by atoms with E-state index in [2.05, 4.69) is 25.7 Å². The lowest BCUT2D eigenvalue weighted by Crippen LogP contribution is -2.20. The van der Waals surface area contributed by atoms with Crippen LogP contribution in [0.15, 0.2) is 15.6 Å². The van der Waals surface area contributed by atoms with E-state index in [1.807, 2.05) is 0 Å². The fourth-order valence-corrected chi connectivity index (χ4v) is 2.44. The van der Waals surface area contributed by atoms with Crippen molar-refractivity contribution in [2.75, 3.05) is 5.73 Å². The number of nitrogens with two attached hydrogens (primary N) is 1. The van der Waals surface area contributed by atoms with Gasteiger partial charge in [-0.3, -0.25) is 0 Å². The van der Waals surface area contributed by atoms with E-state index >= 15 is 0 Å². The number of nitrogen functional groups attached to an aromatic ring is 1. The molecule has 0 radical (unpaired) electrons. The van der Waals surface area contributed by atoms with Crippen molar-refractivity contribution in [3.05, 3.63) is 10.7 Å². The van der Waals surface area contributed by atoms with Gasteiger partial charge in [-0.15, -0.1) is 13.2 Å². The Morgan fingerprint density at radius 3 is 2.41 bits per heavy atom. The zero-order chi connectivity index (χ0) is 13.4. The van der Waals surface area contributed by atoms with Gasteiger partial charge in [0, 0.05) is 16.9 Å². The smallest absolute Gasteiger partial charge is 0.397 e. The molecule has 0 saturated heterocycles. The van der Waals surface area contributed by atoms with Gasteiger partial charge in [0.2, 0.25) is 5.88 Å². The van der Waals surface area contributed by atoms with Crippen molar-refractivity contribution in [2.24, 2.45) is 0 Å². The van der Waals surface area contributed by atoms with Crippen LogP contribution in [0, 0.1) is 0 Å². The molecule has 0 aliphatic heterocycles. The molecule has 0 fully saturated rings. The van der Waals surface area contributed by atoms with Crippen LogP contribution in [0.5, 0.6) is 5.88 Å². The van der Waals surface area contributed by atoms with Gasteiger partial charge in [-0.2, -0.15) is 0 Å². The molecule has 0 atom stereocenters. The lowest BCUT2D eigenvalue weighted by molar-refractivity contribution is -0.277. The van der Waals surface area contributed by atoms with E-state index in [1.165, 1.54) is 0 Å². The Morgan fingerprint density at radius 1 is 1.47 bits per heavy atom. The van der Waals surface area contributed by atoms with Crippen molar-refractivity contribution in [2.45, 2.75) is 11.3 Å². The first-order valence-corrected chi connectivity index (χ1v) is 6.77. The fraction of sp³-hybridized carbons (Fsp3) is 0.167. The van der Waals surface area contributed by atoms with E-state index < -0.39 is 31.9 Å². The maximum absolute atomic E-state index is 12.0. The minimum Gasteiger partial charge on any atom is -0.397 e. The topological polar surface area (TPSA) is 82.3 Å². The summed E-state index contributed by atoms with van der Waals surface area (Å²) in [5.74, 6) is -1.23. The second-order valence-corrected chi connectivity index (χ2v) is 6.00. The quantitative estimate of drug-likeness (QED) is 0.823. The number of anilines is 1. The molecular weight excluding hydrogens is 352 g/mol. The van der Waals surface area contributed by atoms with Gasteiger partial charge in [0.25, 0.3) is 9.05 Å². The molecule has 0 bridgehead atoms. The number of nitrogens with zero attached hydrogens (tertiary/aromatic N) is 1. The Morgan fingerprint density at radius 2 is 2.00 bits per heavy atom. The van der Waals surface area contributed by atoms with Crippen LogP contribution in [-0.4, -0.2) is 19.8 Å². The third kappa shape index (κ3) is 3.61. The molecule has 1 rings (SSSR count). The van der Waals surface area contributed by atoms with Crippen molar-refractivity contribution in [1.29, 1.82) is 0 Å². The number of hydrogen-bond acceptors (Lipinski definition) is 5. The average Bonchev–Trinajstić information content (AvgIpc) is 2.06. The molecular formula is C6H3BrClF3N2O3S. The van der Waals surface area contributed by atoms with Crippen molar-refractivity contribution in [3.63, 3.8) is 0 Å². The molecule has 96 valence electrons. The van der Waals surface area contributed by atoms with Crippen LogP contribution in [0.4, 0.5) is 18.9 Å². The van der Waals surface area contributed by atoms with Crippen molar-refractivity contribution >= 4 is 41.4 Å².